The minimum Gasteiger partial charge on any atom is -0.497 e. The first-order valence-corrected chi connectivity index (χ1v) is 5.99. The van der Waals surface area contributed by atoms with Gasteiger partial charge in [-0.15, -0.1) is 0 Å². The summed E-state index contributed by atoms with van der Waals surface area (Å²) in [7, 11) is 1.46. The number of rotatable bonds is 3. The van der Waals surface area contributed by atoms with Crippen molar-refractivity contribution >= 4 is 23.2 Å². The summed E-state index contributed by atoms with van der Waals surface area (Å²) in [5.41, 5.74) is -0.149. The number of hydrogen-bond donors (Lipinski definition) is 1. The van der Waals surface area contributed by atoms with Crippen molar-refractivity contribution in [2.24, 2.45) is 0 Å². The highest BCUT2D eigenvalue weighted by Crippen LogP contribution is 2.27. The molecule has 0 atom stereocenters. The Morgan fingerprint density at radius 1 is 1.25 bits per heavy atom. The molecule has 104 valence electrons. The third kappa shape index (κ3) is 2.88. The molecule has 0 saturated carbocycles. The second-order valence-electron chi connectivity index (χ2n) is 3.90. The van der Waals surface area contributed by atoms with E-state index in [0.717, 1.165) is 6.07 Å². The van der Waals surface area contributed by atoms with E-state index >= 15 is 0 Å². The number of anilines is 1. The Bertz CT molecular complexity index is 662. The number of methoxy groups -OCH3 is 1. The van der Waals surface area contributed by atoms with Crippen LogP contribution in [0.3, 0.4) is 0 Å². The topological polar surface area (TPSA) is 38.3 Å². The molecule has 0 aliphatic carbocycles. The zero-order valence-electron chi connectivity index (χ0n) is 10.4. The molecule has 2 rings (SSSR count). The molecule has 0 spiro atoms. The van der Waals surface area contributed by atoms with Crippen LogP contribution in [0.4, 0.5) is 14.5 Å². The van der Waals surface area contributed by atoms with Crippen LogP contribution >= 0.6 is 11.6 Å². The predicted octanol–water partition coefficient (Wildman–Crippen LogP) is 3.88. The van der Waals surface area contributed by atoms with Gasteiger partial charge >= 0.3 is 0 Å². The Labute approximate surface area is 119 Å². The molecular formula is C14H10ClF2NO2. The molecule has 0 aromatic heterocycles. The molecule has 6 heteroatoms. The molecule has 0 aliphatic heterocycles. The van der Waals surface area contributed by atoms with Gasteiger partial charge in [0.15, 0.2) is 11.6 Å². The van der Waals surface area contributed by atoms with Crippen LogP contribution in [0.2, 0.25) is 5.02 Å². The number of carbonyl (C=O) groups excluding carboxylic acids is 1. The summed E-state index contributed by atoms with van der Waals surface area (Å²) in [6.45, 7) is 0. The Hall–Kier alpha value is -2.14. The highest BCUT2D eigenvalue weighted by Gasteiger charge is 2.16. The molecule has 0 unspecified atom stereocenters. The molecule has 2 aromatic carbocycles. The van der Waals surface area contributed by atoms with E-state index in [2.05, 4.69) is 5.32 Å². The lowest BCUT2D eigenvalue weighted by Gasteiger charge is -2.09. The zero-order valence-corrected chi connectivity index (χ0v) is 11.2. The van der Waals surface area contributed by atoms with Crippen LogP contribution in [-0.4, -0.2) is 13.0 Å². The Kier molecular flexibility index (Phi) is 4.20. The molecule has 0 heterocycles. The lowest BCUT2D eigenvalue weighted by atomic mass is 10.2. The minimum absolute atomic E-state index is 0.250. The molecule has 0 radical (unpaired) electrons. The van der Waals surface area contributed by atoms with Crippen molar-refractivity contribution in [1.29, 1.82) is 0 Å². The van der Waals surface area contributed by atoms with Crippen molar-refractivity contribution in [2.45, 2.75) is 0 Å². The van der Waals surface area contributed by atoms with E-state index in [-0.39, 0.29) is 10.7 Å². The summed E-state index contributed by atoms with van der Waals surface area (Å²) in [4.78, 5) is 11.9. The van der Waals surface area contributed by atoms with E-state index in [0.29, 0.717) is 5.75 Å². The molecule has 0 fully saturated rings. The average molecular weight is 298 g/mol. The molecule has 20 heavy (non-hydrogen) atoms. The lowest BCUT2D eigenvalue weighted by Crippen LogP contribution is -2.14. The van der Waals surface area contributed by atoms with Crippen molar-refractivity contribution in [3.8, 4) is 5.75 Å². The lowest BCUT2D eigenvalue weighted by molar-refractivity contribution is 0.102. The smallest absolute Gasteiger partial charge is 0.258 e. The number of amides is 1. The molecule has 0 aliphatic rings. The third-order valence-electron chi connectivity index (χ3n) is 2.62. The summed E-state index contributed by atoms with van der Waals surface area (Å²) >= 11 is 5.92. The fourth-order valence-corrected chi connectivity index (χ4v) is 1.76. The number of ether oxygens (including phenoxy) is 1. The van der Waals surface area contributed by atoms with E-state index in [4.69, 9.17) is 16.3 Å². The van der Waals surface area contributed by atoms with Crippen molar-refractivity contribution in [1.82, 2.24) is 0 Å². The summed E-state index contributed by atoms with van der Waals surface area (Å²) < 4.78 is 31.6. The van der Waals surface area contributed by atoms with Crippen LogP contribution in [0, 0.1) is 11.6 Å². The fourth-order valence-electron chi connectivity index (χ4n) is 1.60. The quantitative estimate of drug-likeness (QED) is 0.933. The number of carbonyl (C=O) groups is 1. The van der Waals surface area contributed by atoms with Gasteiger partial charge in [-0.25, -0.2) is 8.78 Å². The number of benzene rings is 2. The Balaban J connectivity index is 2.30. The van der Waals surface area contributed by atoms with Gasteiger partial charge in [0.2, 0.25) is 0 Å². The maximum Gasteiger partial charge on any atom is 0.258 e. The summed E-state index contributed by atoms with van der Waals surface area (Å²) in [6.07, 6.45) is 0. The van der Waals surface area contributed by atoms with Gasteiger partial charge in [-0.1, -0.05) is 17.7 Å². The van der Waals surface area contributed by atoms with E-state index < -0.39 is 23.1 Å². The Morgan fingerprint density at radius 3 is 2.70 bits per heavy atom. The molecule has 0 bridgehead atoms. The zero-order chi connectivity index (χ0) is 14.7. The highest BCUT2D eigenvalue weighted by atomic mass is 35.5. The van der Waals surface area contributed by atoms with Gasteiger partial charge in [0, 0.05) is 6.07 Å². The third-order valence-corrected chi connectivity index (χ3v) is 2.95. The monoisotopic (exact) mass is 297 g/mol. The standard InChI is InChI=1S/C14H10ClF2NO2/c1-20-8-5-6-10(15)12(7-8)18-14(19)9-3-2-4-11(16)13(9)17/h2-7H,1H3,(H,18,19). The fraction of sp³-hybridized carbons (Fsp3) is 0.0714. The predicted molar refractivity (Wildman–Crippen MR) is 72.3 cm³/mol. The van der Waals surface area contributed by atoms with Crippen molar-refractivity contribution in [2.75, 3.05) is 12.4 Å². The van der Waals surface area contributed by atoms with E-state index in [9.17, 15) is 13.6 Å². The molecular weight excluding hydrogens is 288 g/mol. The SMILES string of the molecule is COc1ccc(Cl)c(NC(=O)c2cccc(F)c2F)c1. The molecule has 0 saturated heterocycles. The van der Waals surface area contributed by atoms with Crippen LogP contribution in [0.25, 0.3) is 0 Å². The maximum atomic E-state index is 13.5. The molecule has 3 nitrogen and oxygen atoms in total. The van der Waals surface area contributed by atoms with Crippen LogP contribution in [0.1, 0.15) is 10.4 Å². The summed E-state index contributed by atoms with van der Waals surface area (Å²) in [6, 6.07) is 7.99. The molecule has 1 amide bonds. The average Bonchev–Trinajstić information content (AvgIpc) is 2.44. The van der Waals surface area contributed by atoms with E-state index in [1.54, 1.807) is 6.07 Å². The first-order chi connectivity index (χ1) is 9.52. The molecule has 1 N–H and O–H groups in total. The van der Waals surface area contributed by atoms with Crippen LogP contribution in [0.5, 0.6) is 5.75 Å². The van der Waals surface area contributed by atoms with Crippen molar-refractivity contribution in [3.63, 3.8) is 0 Å². The highest BCUT2D eigenvalue weighted by molar-refractivity contribution is 6.34. The summed E-state index contributed by atoms with van der Waals surface area (Å²) in [5.74, 6) is -2.61. The Morgan fingerprint density at radius 2 is 2.00 bits per heavy atom. The van der Waals surface area contributed by atoms with Gasteiger partial charge < -0.3 is 10.1 Å². The minimum atomic E-state index is -1.20. The summed E-state index contributed by atoms with van der Waals surface area (Å²) in [5, 5.41) is 2.67. The van der Waals surface area contributed by atoms with Gasteiger partial charge in [0.1, 0.15) is 5.75 Å². The van der Waals surface area contributed by atoms with Gasteiger partial charge in [0.05, 0.1) is 23.4 Å². The maximum absolute atomic E-state index is 13.5. The van der Waals surface area contributed by atoms with Crippen LogP contribution < -0.4 is 10.1 Å². The second-order valence-corrected chi connectivity index (χ2v) is 4.31. The first kappa shape index (κ1) is 14.3. The van der Waals surface area contributed by atoms with Crippen LogP contribution in [-0.2, 0) is 0 Å². The molecule has 2 aromatic rings. The normalized spacial score (nSPS) is 10.2. The van der Waals surface area contributed by atoms with E-state index in [1.807, 2.05) is 0 Å². The number of hydrogen-bond acceptors (Lipinski definition) is 2. The van der Waals surface area contributed by atoms with Gasteiger partial charge in [-0.2, -0.15) is 0 Å². The number of nitrogens with one attached hydrogen (secondary N) is 1. The largest absolute Gasteiger partial charge is 0.497 e. The van der Waals surface area contributed by atoms with Gasteiger partial charge in [-0.05, 0) is 24.3 Å². The van der Waals surface area contributed by atoms with Crippen LogP contribution in [0.15, 0.2) is 36.4 Å². The number of halogens is 3. The first-order valence-electron chi connectivity index (χ1n) is 5.62. The van der Waals surface area contributed by atoms with E-state index in [1.165, 1.54) is 31.4 Å². The van der Waals surface area contributed by atoms with Crippen molar-refractivity contribution in [3.05, 3.63) is 58.6 Å². The second kappa shape index (κ2) is 5.88. The van der Waals surface area contributed by atoms with Gasteiger partial charge in [-0.3, -0.25) is 4.79 Å². The van der Waals surface area contributed by atoms with Gasteiger partial charge in [0.25, 0.3) is 5.91 Å². The van der Waals surface area contributed by atoms with Crippen molar-refractivity contribution < 1.29 is 18.3 Å².